The summed E-state index contributed by atoms with van der Waals surface area (Å²) in [6.07, 6.45) is 1.93. The van der Waals surface area contributed by atoms with E-state index in [2.05, 4.69) is 4.98 Å². The van der Waals surface area contributed by atoms with Gasteiger partial charge in [-0.3, -0.25) is 0 Å². The monoisotopic (exact) mass is 232 g/mol. The molecule has 0 amide bonds. The first-order valence-corrected chi connectivity index (χ1v) is 5.35. The van der Waals surface area contributed by atoms with Gasteiger partial charge in [0.2, 0.25) is 5.88 Å². The quantitative estimate of drug-likeness (QED) is 0.795. The van der Waals surface area contributed by atoms with E-state index in [9.17, 15) is 0 Å². The predicted molar refractivity (Wildman–Crippen MR) is 64.8 cm³/mol. The molecule has 81 valence electrons. The summed E-state index contributed by atoms with van der Waals surface area (Å²) < 4.78 is 5.59. The lowest BCUT2D eigenvalue weighted by molar-refractivity contribution is 0.462. The summed E-state index contributed by atoms with van der Waals surface area (Å²) in [7, 11) is 0. The Kier molecular flexibility index (Phi) is 3.42. The van der Waals surface area contributed by atoms with E-state index in [0.717, 1.165) is 11.4 Å². The summed E-state index contributed by atoms with van der Waals surface area (Å²) in [4.78, 5) is 4.30. The van der Waals surface area contributed by atoms with Crippen molar-refractivity contribution in [2.24, 2.45) is 0 Å². The first kappa shape index (κ1) is 11.0. The van der Waals surface area contributed by atoms with Crippen LogP contribution in [0.1, 0.15) is 12.6 Å². The molecular formula is C13H11ClNO. The zero-order valence-corrected chi connectivity index (χ0v) is 9.61. The van der Waals surface area contributed by atoms with Crippen LogP contribution in [0, 0.1) is 6.42 Å². The van der Waals surface area contributed by atoms with Gasteiger partial charge in [-0.25, -0.2) is 4.98 Å². The molecule has 0 unspecified atom stereocenters. The number of hydrogen-bond donors (Lipinski definition) is 0. The summed E-state index contributed by atoms with van der Waals surface area (Å²) in [5.74, 6) is 1.31. The SMILES string of the molecule is C[CH]c1cccc(Oc2ccc(Cl)cc2)n1. The molecule has 0 saturated carbocycles. The Labute approximate surface area is 99.9 Å². The molecule has 1 heterocycles. The van der Waals surface area contributed by atoms with Gasteiger partial charge in [0.15, 0.2) is 0 Å². The lowest BCUT2D eigenvalue weighted by Crippen LogP contribution is -1.90. The van der Waals surface area contributed by atoms with Gasteiger partial charge in [0.1, 0.15) is 5.75 Å². The maximum absolute atomic E-state index is 5.79. The van der Waals surface area contributed by atoms with Crippen LogP contribution in [0.4, 0.5) is 0 Å². The molecular weight excluding hydrogens is 222 g/mol. The third-order valence-corrected chi connectivity index (χ3v) is 2.33. The maximum Gasteiger partial charge on any atom is 0.219 e. The van der Waals surface area contributed by atoms with E-state index >= 15 is 0 Å². The second-order valence-corrected chi connectivity index (χ2v) is 3.68. The fraction of sp³-hybridized carbons (Fsp3) is 0.0769. The van der Waals surface area contributed by atoms with Crippen molar-refractivity contribution in [1.29, 1.82) is 0 Å². The molecule has 0 bridgehead atoms. The number of halogens is 1. The van der Waals surface area contributed by atoms with Crippen molar-refractivity contribution in [2.75, 3.05) is 0 Å². The second kappa shape index (κ2) is 4.99. The third kappa shape index (κ3) is 2.74. The molecule has 1 radical (unpaired) electrons. The summed E-state index contributed by atoms with van der Waals surface area (Å²) >= 11 is 5.79. The normalized spacial score (nSPS) is 10.1. The highest BCUT2D eigenvalue weighted by Crippen LogP contribution is 2.21. The minimum Gasteiger partial charge on any atom is -0.439 e. The van der Waals surface area contributed by atoms with E-state index in [0.29, 0.717) is 10.9 Å². The second-order valence-electron chi connectivity index (χ2n) is 3.25. The third-order valence-electron chi connectivity index (χ3n) is 2.08. The first-order valence-electron chi connectivity index (χ1n) is 4.98. The van der Waals surface area contributed by atoms with E-state index in [4.69, 9.17) is 16.3 Å². The summed E-state index contributed by atoms with van der Waals surface area (Å²) in [5.41, 5.74) is 0.895. The van der Waals surface area contributed by atoms with Gasteiger partial charge in [0.25, 0.3) is 0 Å². The summed E-state index contributed by atoms with van der Waals surface area (Å²) in [5, 5.41) is 0.691. The molecule has 1 aromatic heterocycles. The molecule has 1 aromatic carbocycles. The van der Waals surface area contributed by atoms with Crippen LogP contribution in [-0.4, -0.2) is 4.98 Å². The van der Waals surface area contributed by atoms with Crippen molar-refractivity contribution in [1.82, 2.24) is 4.98 Å². The summed E-state index contributed by atoms with van der Waals surface area (Å²) in [6.45, 7) is 1.94. The van der Waals surface area contributed by atoms with Crippen molar-refractivity contribution in [3.8, 4) is 11.6 Å². The maximum atomic E-state index is 5.79. The van der Waals surface area contributed by atoms with Crippen molar-refractivity contribution >= 4 is 11.6 Å². The van der Waals surface area contributed by atoms with E-state index in [1.807, 2.05) is 43.7 Å². The van der Waals surface area contributed by atoms with Crippen molar-refractivity contribution in [3.05, 3.63) is 59.6 Å². The summed E-state index contributed by atoms with van der Waals surface area (Å²) in [6, 6.07) is 12.8. The zero-order valence-electron chi connectivity index (χ0n) is 8.85. The molecule has 0 N–H and O–H groups in total. The smallest absolute Gasteiger partial charge is 0.219 e. The Morgan fingerprint density at radius 1 is 1.12 bits per heavy atom. The van der Waals surface area contributed by atoms with Crippen LogP contribution in [0.25, 0.3) is 0 Å². The van der Waals surface area contributed by atoms with Gasteiger partial charge in [-0.05, 0) is 30.3 Å². The Balaban J connectivity index is 2.16. The zero-order chi connectivity index (χ0) is 11.4. The van der Waals surface area contributed by atoms with Crippen LogP contribution in [0.3, 0.4) is 0 Å². The Bertz CT molecular complexity index is 468. The highest BCUT2D eigenvalue weighted by molar-refractivity contribution is 6.30. The number of nitrogens with zero attached hydrogens (tertiary/aromatic N) is 1. The number of hydrogen-bond acceptors (Lipinski definition) is 2. The van der Waals surface area contributed by atoms with E-state index in [1.165, 1.54) is 0 Å². The van der Waals surface area contributed by atoms with Crippen LogP contribution in [0.15, 0.2) is 42.5 Å². The minimum absolute atomic E-state index is 0.581. The molecule has 2 aromatic rings. The number of pyridine rings is 1. The van der Waals surface area contributed by atoms with Gasteiger partial charge >= 0.3 is 0 Å². The average Bonchev–Trinajstić information content (AvgIpc) is 2.32. The van der Waals surface area contributed by atoms with Gasteiger partial charge < -0.3 is 4.74 Å². The molecule has 0 atom stereocenters. The molecule has 2 rings (SSSR count). The Morgan fingerprint density at radius 2 is 1.88 bits per heavy atom. The molecule has 0 aliphatic rings. The van der Waals surface area contributed by atoms with Crippen molar-refractivity contribution in [3.63, 3.8) is 0 Å². The average molecular weight is 233 g/mol. The topological polar surface area (TPSA) is 22.1 Å². The van der Waals surface area contributed by atoms with Crippen molar-refractivity contribution < 1.29 is 4.74 Å². The van der Waals surface area contributed by atoms with E-state index in [1.54, 1.807) is 12.1 Å². The molecule has 0 saturated heterocycles. The fourth-order valence-electron chi connectivity index (χ4n) is 1.27. The minimum atomic E-state index is 0.581. The predicted octanol–water partition coefficient (Wildman–Crippen LogP) is 4.10. The molecule has 2 nitrogen and oxygen atoms in total. The van der Waals surface area contributed by atoms with Crippen LogP contribution in [0.5, 0.6) is 11.6 Å². The van der Waals surface area contributed by atoms with Crippen LogP contribution in [0.2, 0.25) is 5.02 Å². The first-order chi connectivity index (χ1) is 7.78. The van der Waals surface area contributed by atoms with Gasteiger partial charge in [0.05, 0.1) is 0 Å². The van der Waals surface area contributed by atoms with Gasteiger partial charge in [-0.1, -0.05) is 24.6 Å². The van der Waals surface area contributed by atoms with E-state index < -0.39 is 0 Å². The molecule has 0 fully saturated rings. The van der Waals surface area contributed by atoms with Gasteiger partial charge in [0, 0.05) is 23.2 Å². The highest BCUT2D eigenvalue weighted by Gasteiger charge is 1.99. The fourth-order valence-corrected chi connectivity index (χ4v) is 1.40. The van der Waals surface area contributed by atoms with Gasteiger partial charge in [-0.2, -0.15) is 0 Å². The lowest BCUT2D eigenvalue weighted by atomic mass is 10.3. The van der Waals surface area contributed by atoms with Crippen LogP contribution >= 0.6 is 11.6 Å². The lowest BCUT2D eigenvalue weighted by Gasteiger charge is -2.05. The Morgan fingerprint density at radius 3 is 2.56 bits per heavy atom. The Hall–Kier alpha value is -1.54. The van der Waals surface area contributed by atoms with Gasteiger partial charge in [-0.15, -0.1) is 0 Å². The standard InChI is InChI=1S/C13H11ClNO/c1-2-11-4-3-5-13(15-11)16-12-8-6-10(14)7-9-12/h2-9H,1H3. The molecule has 0 spiro atoms. The van der Waals surface area contributed by atoms with Crippen molar-refractivity contribution in [2.45, 2.75) is 6.92 Å². The molecule has 0 aliphatic carbocycles. The number of rotatable bonds is 3. The number of ether oxygens (including phenoxy) is 1. The molecule has 16 heavy (non-hydrogen) atoms. The molecule has 3 heteroatoms. The molecule has 0 aliphatic heterocycles. The van der Waals surface area contributed by atoms with Crippen LogP contribution in [-0.2, 0) is 0 Å². The number of benzene rings is 1. The highest BCUT2D eigenvalue weighted by atomic mass is 35.5. The van der Waals surface area contributed by atoms with E-state index in [-0.39, 0.29) is 0 Å². The largest absolute Gasteiger partial charge is 0.439 e. The van der Waals surface area contributed by atoms with Crippen LogP contribution < -0.4 is 4.74 Å². The number of aromatic nitrogens is 1.